The summed E-state index contributed by atoms with van der Waals surface area (Å²) in [6, 6.07) is 6.20. The van der Waals surface area contributed by atoms with Crippen molar-refractivity contribution in [2.45, 2.75) is 39.2 Å². The molecule has 0 aliphatic rings. The maximum Gasteiger partial charge on any atom is 0.422 e. The Balaban J connectivity index is 3.06. The number of ether oxygens (including phenoxy) is 2. The van der Waals surface area contributed by atoms with Crippen molar-refractivity contribution < 1.29 is 32.3 Å². The van der Waals surface area contributed by atoms with Gasteiger partial charge < -0.3 is 14.8 Å². The molecule has 0 spiro atoms. The monoisotopic (exact) mass is 429 g/mol. The Hall–Kier alpha value is -2.82. The van der Waals surface area contributed by atoms with Crippen LogP contribution in [0.1, 0.15) is 32.8 Å². The molecule has 0 aromatic heterocycles. The van der Waals surface area contributed by atoms with Crippen LogP contribution >= 0.6 is 0 Å². The lowest BCUT2D eigenvalue weighted by molar-refractivity contribution is -0.138. The molecule has 0 saturated carbocycles. The third kappa shape index (κ3) is 8.38. The number of benzene rings is 1. The van der Waals surface area contributed by atoms with Gasteiger partial charge in [-0.1, -0.05) is 12.1 Å². The minimum Gasteiger partial charge on any atom is -0.468 e. The minimum atomic E-state index is -4.45. The molecular formula is C18H27N3O7S. The molecule has 1 aromatic carbocycles. The number of esters is 1. The van der Waals surface area contributed by atoms with E-state index in [1.807, 2.05) is 0 Å². The Morgan fingerprint density at radius 1 is 1.10 bits per heavy atom. The van der Waals surface area contributed by atoms with Gasteiger partial charge in [0.2, 0.25) is 5.91 Å². The Labute approximate surface area is 170 Å². The fraction of sp³-hybridized carbons (Fsp3) is 0.500. The summed E-state index contributed by atoms with van der Waals surface area (Å²) in [5.41, 5.74) is 0.0298. The molecule has 0 heterocycles. The normalized spacial score (nSPS) is 11.3. The van der Waals surface area contributed by atoms with E-state index in [9.17, 15) is 22.8 Å². The predicted molar refractivity (Wildman–Crippen MR) is 106 cm³/mol. The van der Waals surface area contributed by atoms with E-state index in [0.29, 0.717) is 10.7 Å². The van der Waals surface area contributed by atoms with Gasteiger partial charge in [-0.3, -0.25) is 9.59 Å². The molecule has 0 aliphatic heterocycles. The van der Waals surface area contributed by atoms with Gasteiger partial charge in [-0.2, -0.15) is 8.42 Å². The van der Waals surface area contributed by atoms with Gasteiger partial charge in [0, 0.05) is 13.5 Å². The first-order valence-corrected chi connectivity index (χ1v) is 10.2. The van der Waals surface area contributed by atoms with Crippen molar-refractivity contribution in [3.8, 4) is 0 Å². The summed E-state index contributed by atoms with van der Waals surface area (Å²) >= 11 is 0. The zero-order chi connectivity index (χ0) is 22.2. The number of nitrogens with one attached hydrogen (secondary N) is 2. The van der Waals surface area contributed by atoms with Crippen LogP contribution in [-0.4, -0.2) is 52.7 Å². The summed E-state index contributed by atoms with van der Waals surface area (Å²) in [7, 11) is -1.79. The number of hydrogen-bond acceptors (Lipinski definition) is 7. The molecule has 0 unspecified atom stereocenters. The smallest absolute Gasteiger partial charge is 0.422 e. The van der Waals surface area contributed by atoms with Gasteiger partial charge in [0.05, 0.1) is 12.8 Å². The van der Waals surface area contributed by atoms with Crippen molar-refractivity contribution in [2.75, 3.05) is 25.0 Å². The molecule has 0 saturated heterocycles. The lowest BCUT2D eigenvalue weighted by Crippen LogP contribution is -2.47. The fourth-order valence-electron chi connectivity index (χ4n) is 2.17. The van der Waals surface area contributed by atoms with Crippen LogP contribution < -0.4 is 14.3 Å². The highest BCUT2D eigenvalue weighted by Crippen LogP contribution is 2.19. The van der Waals surface area contributed by atoms with E-state index in [1.54, 1.807) is 44.7 Å². The van der Waals surface area contributed by atoms with E-state index < -0.39 is 34.4 Å². The summed E-state index contributed by atoms with van der Waals surface area (Å²) in [6.07, 6.45) is -0.436. The number of nitrogens with zero attached hydrogens (tertiary/aromatic N) is 1. The van der Waals surface area contributed by atoms with Crippen molar-refractivity contribution in [1.29, 1.82) is 0 Å². The van der Waals surface area contributed by atoms with E-state index in [0.717, 1.165) is 12.7 Å². The second-order valence-electron chi connectivity index (χ2n) is 7.03. The maximum atomic E-state index is 12.7. The molecule has 0 fully saturated rings. The summed E-state index contributed by atoms with van der Waals surface area (Å²) < 4.78 is 37.3. The van der Waals surface area contributed by atoms with Gasteiger partial charge in [-0.15, -0.1) is 0 Å². The number of carbonyl (C=O) groups excluding carboxylic acids is 3. The average molecular weight is 429 g/mol. The molecular weight excluding hydrogens is 402 g/mol. The van der Waals surface area contributed by atoms with Crippen molar-refractivity contribution in [1.82, 2.24) is 10.0 Å². The van der Waals surface area contributed by atoms with Gasteiger partial charge in [0.1, 0.15) is 12.1 Å². The van der Waals surface area contributed by atoms with Crippen LogP contribution in [0.5, 0.6) is 0 Å². The first-order valence-electron chi connectivity index (χ1n) is 8.77. The number of hydrogen-bond donors (Lipinski definition) is 2. The number of methoxy groups -OCH3 is 1. The molecule has 11 heteroatoms. The van der Waals surface area contributed by atoms with Gasteiger partial charge in [-0.05, 0) is 44.9 Å². The summed E-state index contributed by atoms with van der Waals surface area (Å²) in [4.78, 5) is 35.0. The average Bonchev–Trinajstić information content (AvgIpc) is 2.62. The van der Waals surface area contributed by atoms with Gasteiger partial charge in [0.25, 0.3) is 0 Å². The van der Waals surface area contributed by atoms with Crippen LogP contribution in [0.4, 0.5) is 10.5 Å². The van der Waals surface area contributed by atoms with Crippen LogP contribution in [0.15, 0.2) is 24.3 Å². The maximum absolute atomic E-state index is 12.7. The van der Waals surface area contributed by atoms with Crippen molar-refractivity contribution >= 4 is 33.9 Å². The molecule has 0 aliphatic carbocycles. The number of rotatable bonds is 8. The van der Waals surface area contributed by atoms with E-state index >= 15 is 0 Å². The molecule has 29 heavy (non-hydrogen) atoms. The number of aryl methyl sites for hydroxylation is 1. The van der Waals surface area contributed by atoms with Crippen molar-refractivity contribution in [3.63, 3.8) is 0 Å². The predicted octanol–water partition coefficient (Wildman–Crippen LogP) is 1.11. The highest BCUT2D eigenvalue weighted by atomic mass is 32.2. The van der Waals surface area contributed by atoms with Gasteiger partial charge in [-0.25, -0.2) is 13.8 Å². The Bertz CT molecular complexity index is 830. The SMILES string of the molecule is CNC(=O)CCc1ccc(N(CC(=O)OC)S(=O)(=O)NC(=O)OC(C)(C)C)cc1. The van der Waals surface area contributed by atoms with Crippen molar-refractivity contribution in [3.05, 3.63) is 29.8 Å². The Morgan fingerprint density at radius 2 is 1.69 bits per heavy atom. The molecule has 10 nitrogen and oxygen atoms in total. The van der Waals surface area contributed by atoms with Crippen LogP contribution in [0.2, 0.25) is 0 Å². The van der Waals surface area contributed by atoms with E-state index in [1.165, 1.54) is 12.1 Å². The zero-order valence-corrected chi connectivity index (χ0v) is 18.0. The van der Waals surface area contributed by atoms with Crippen molar-refractivity contribution in [2.24, 2.45) is 0 Å². The number of anilines is 1. The first kappa shape index (κ1) is 24.2. The summed E-state index contributed by atoms with van der Waals surface area (Å²) in [5, 5.41) is 2.52. The third-order valence-electron chi connectivity index (χ3n) is 3.55. The van der Waals surface area contributed by atoms with Gasteiger partial charge in [0.15, 0.2) is 0 Å². The van der Waals surface area contributed by atoms with Crippen LogP contribution in [0.3, 0.4) is 0 Å². The molecule has 162 valence electrons. The molecule has 0 radical (unpaired) electrons. The van der Waals surface area contributed by atoms with Gasteiger partial charge >= 0.3 is 22.3 Å². The lowest BCUT2D eigenvalue weighted by Gasteiger charge is -2.25. The number of amides is 2. The highest BCUT2D eigenvalue weighted by Gasteiger charge is 2.29. The lowest BCUT2D eigenvalue weighted by atomic mass is 10.1. The molecule has 1 rings (SSSR count). The van der Waals surface area contributed by atoms with E-state index in [-0.39, 0.29) is 18.0 Å². The first-order chi connectivity index (χ1) is 13.4. The summed E-state index contributed by atoms with van der Waals surface area (Å²) in [6.45, 7) is 4.11. The van der Waals surface area contributed by atoms with Crippen LogP contribution in [0.25, 0.3) is 0 Å². The quantitative estimate of drug-likeness (QED) is 0.592. The highest BCUT2D eigenvalue weighted by molar-refractivity contribution is 7.91. The van der Waals surface area contributed by atoms with Crippen LogP contribution in [0, 0.1) is 0 Å². The van der Waals surface area contributed by atoms with Crippen LogP contribution in [-0.2, 0) is 35.7 Å². The third-order valence-corrected chi connectivity index (χ3v) is 4.89. The molecule has 2 amide bonds. The Morgan fingerprint density at radius 3 is 2.17 bits per heavy atom. The molecule has 0 atom stereocenters. The molecule has 2 N–H and O–H groups in total. The minimum absolute atomic E-state index is 0.120. The number of carbonyl (C=O) groups is 3. The molecule has 1 aromatic rings. The summed E-state index contributed by atoms with van der Waals surface area (Å²) in [5.74, 6) is -0.936. The second-order valence-corrected chi connectivity index (χ2v) is 8.63. The Kier molecular flexibility index (Phi) is 8.43. The largest absolute Gasteiger partial charge is 0.468 e. The molecule has 0 bridgehead atoms. The second kappa shape index (κ2) is 10.1. The standard InChI is InChI=1S/C18H27N3O7S/c1-18(2,3)28-17(24)20-29(25,26)21(12-16(23)27-5)14-9-6-13(7-10-14)8-11-15(22)19-4/h6-7,9-10H,8,11-12H2,1-5H3,(H,19,22)(H,20,24). The van der Waals surface area contributed by atoms with E-state index in [4.69, 9.17) is 4.74 Å². The topological polar surface area (TPSA) is 131 Å². The fourth-order valence-corrected chi connectivity index (χ4v) is 3.21. The van der Waals surface area contributed by atoms with E-state index in [2.05, 4.69) is 10.1 Å². The zero-order valence-electron chi connectivity index (χ0n) is 17.1.